The summed E-state index contributed by atoms with van der Waals surface area (Å²) in [7, 11) is 0. The summed E-state index contributed by atoms with van der Waals surface area (Å²) < 4.78 is 10.3. The molecule has 1 atom stereocenters. The van der Waals surface area contributed by atoms with Gasteiger partial charge in [0.1, 0.15) is 11.8 Å². The van der Waals surface area contributed by atoms with Crippen molar-refractivity contribution in [2.45, 2.75) is 26.3 Å². The Kier molecular flexibility index (Phi) is 8.69. The Balaban J connectivity index is 1.70. The number of carbonyl (C=O) groups excluding carboxylic acids is 3. The predicted octanol–water partition coefficient (Wildman–Crippen LogP) is 2.31. The van der Waals surface area contributed by atoms with E-state index in [2.05, 4.69) is 10.6 Å². The van der Waals surface area contributed by atoms with Gasteiger partial charge < -0.3 is 20.1 Å². The Labute approximate surface area is 170 Å². The number of hydrogen-bond acceptors (Lipinski definition) is 5. The molecule has 2 aromatic rings. The first-order valence-electron chi connectivity index (χ1n) is 9.50. The quantitative estimate of drug-likeness (QED) is 0.599. The van der Waals surface area contributed by atoms with E-state index >= 15 is 0 Å². The van der Waals surface area contributed by atoms with Gasteiger partial charge in [0.15, 0.2) is 13.2 Å². The zero-order valence-electron chi connectivity index (χ0n) is 16.6. The van der Waals surface area contributed by atoms with Crippen molar-refractivity contribution in [2.24, 2.45) is 0 Å². The molecule has 0 aliphatic rings. The number of amides is 2. The molecule has 0 saturated carbocycles. The smallest absolute Gasteiger partial charge is 0.344 e. The lowest BCUT2D eigenvalue weighted by atomic mass is 10.1. The Morgan fingerprint density at radius 2 is 1.59 bits per heavy atom. The third kappa shape index (κ3) is 7.65. The van der Waals surface area contributed by atoms with Crippen LogP contribution in [0.25, 0.3) is 11.1 Å². The zero-order chi connectivity index (χ0) is 21.1. The minimum absolute atomic E-state index is 0.284. The van der Waals surface area contributed by atoms with Crippen LogP contribution in [0.5, 0.6) is 5.75 Å². The van der Waals surface area contributed by atoms with Crippen molar-refractivity contribution in [3.05, 3.63) is 54.6 Å². The van der Waals surface area contributed by atoms with Gasteiger partial charge in [-0.1, -0.05) is 49.4 Å². The molecule has 0 bridgehead atoms. The standard InChI is InChI=1S/C22H26N2O5/c1-3-13-23-22(27)16(2)24-20(25)14-29-21(26)15-28-19-11-9-18(10-12-19)17-7-5-4-6-8-17/h4-12,16H,3,13-15H2,1-2H3,(H,23,27)(H,24,25)/t16-/m0/s1. The number of benzene rings is 2. The van der Waals surface area contributed by atoms with Crippen molar-refractivity contribution in [3.63, 3.8) is 0 Å². The van der Waals surface area contributed by atoms with Crippen molar-refractivity contribution in [3.8, 4) is 16.9 Å². The van der Waals surface area contributed by atoms with Crippen LogP contribution in [0, 0.1) is 0 Å². The van der Waals surface area contributed by atoms with Gasteiger partial charge in [0.25, 0.3) is 5.91 Å². The summed E-state index contributed by atoms with van der Waals surface area (Å²) in [5.41, 5.74) is 2.12. The van der Waals surface area contributed by atoms with Gasteiger partial charge in [-0.2, -0.15) is 0 Å². The fraction of sp³-hybridized carbons (Fsp3) is 0.318. The lowest BCUT2D eigenvalue weighted by Crippen LogP contribution is -2.46. The Morgan fingerprint density at radius 1 is 0.931 bits per heavy atom. The lowest BCUT2D eigenvalue weighted by Gasteiger charge is -2.14. The molecule has 2 rings (SSSR count). The summed E-state index contributed by atoms with van der Waals surface area (Å²) in [6.45, 7) is 3.25. The van der Waals surface area contributed by atoms with Crippen LogP contribution >= 0.6 is 0 Å². The van der Waals surface area contributed by atoms with Gasteiger partial charge in [-0.25, -0.2) is 4.79 Å². The zero-order valence-corrected chi connectivity index (χ0v) is 16.6. The van der Waals surface area contributed by atoms with Crippen LogP contribution < -0.4 is 15.4 Å². The van der Waals surface area contributed by atoms with Crippen molar-refractivity contribution in [1.82, 2.24) is 10.6 Å². The molecule has 2 amide bonds. The van der Waals surface area contributed by atoms with Gasteiger partial charge in [0, 0.05) is 6.54 Å². The fourth-order valence-electron chi connectivity index (χ4n) is 2.45. The van der Waals surface area contributed by atoms with Gasteiger partial charge >= 0.3 is 5.97 Å². The molecule has 0 aliphatic heterocycles. The van der Waals surface area contributed by atoms with E-state index < -0.39 is 24.5 Å². The molecule has 0 radical (unpaired) electrons. The highest BCUT2D eigenvalue weighted by Crippen LogP contribution is 2.21. The molecule has 0 heterocycles. The third-order valence-electron chi connectivity index (χ3n) is 4.00. The average Bonchev–Trinajstić information content (AvgIpc) is 2.75. The molecule has 7 nitrogen and oxygen atoms in total. The largest absolute Gasteiger partial charge is 0.482 e. The van der Waals surface area contributed by atoms with Crippen LogP contribution in [0.15, 0.2) is 54.6 Å². The molecule has 154 valence electrons. The average molecular weight is 398 g/mol. The Hall–Kier alpha value is -3.35. The molecule has 0 aromatic heterocycles. The van der Waals surface area contributed by atoms with E-state index in [9.17, 15) is 14.4 Å². The molecule has 2 aromatic carbocycles. The molecule has 0 aliphatic carbocycles. The number of ether oxygens (including phenoxy) is 2. The summed E-state index contributed by atoms with van der Waals surface area (Å²) >= 11 is 0. The van der Waals surface area contributed by atoms with Crippen LogP contribution in [-0.2, 0) is 19.1 Å². The minimum atomic E-state index is -0.702. The van der Waals surface area contributed by atoms with E-state index in [1.807, 2.05) is 49.4 Å². The molecule has 0 unspecified atom stereocenters. The molecule has 0 spiro atoms. The summed E-state index contributed by atoms with van der Waals surface area (Å²) in [6, 6.07) is 16.5. The molecular weight excluding hydrogens is 372 g/mol. The van der Waals surface area contributed by atoms with Crippen LogP contribution in [0.4, 0.5) is 0 Å². The first kappa shape index (κ1) is 21.9. The predicted molar refractivity (Wildman–Crippen MR) is 109 cm³/mol. The van der Waals surface area contributed by atoms with Gasteiger partial charge in [-0.05, 0) is 36.6 Å². The SMILES string of the molecule is CCCNC(=O)[C@H](C)NC(=O)COC(=O)COc1ccc(-c2ccccc2)cc1. The molecule has 2 N–H and O–H groups in total. The monoisotopic (exact) mass is 398 g/mol. The van der Waals surface area contributed by atoms with Crippen molar-refractivity contribution >= 4 is 17.8 Å². The second-order valence-electron chi connectivity index (χ2n) is 6.42. The second-order valence-corrected chi connectivity index (χ2v) is 6.42. The highest BCUT2D eigenvalue weighted by molar-refractivity contribution is 5.88. The van der Waals surface area contributed by atoms with Crippen LogP contribution in [0.2, 0.25) is 0 Å². The number of nitrogens with one attached hydrogen (secondary N) is 2. The maximum absolute atomic E-state index is 11.8. The van der Waals surface area contributed by atoms with E-state index in [1.54, 1.807) is 19.1 Å². The normalized spacial score (nSPS) is 11.2. The number of carbonyl (C=O) groups is 3. The van der Waals surface area contributed by atoms with Crippen LogP contribution in [0.3, 0.4) is 0 Å². The first-order chi connectivity index (χ1) is 14.0. The highest BCUT2D eigenvalue weighted by Gasteiger charge is 2.16. The van der Waals surface area contributed by atoms with E-state index in [-0.39, 0.29) is 12.5 Å². The van der Waals surface area contributed by atoms with Gasteiger partial charge in [-0.15, -0.1) is 0 Å². The highest BCUT2D eigenvalue weighted by atomic mass is 16.6. The van der Waals surface area contributed by atoms with Crippen molar-refractivity contribution in [1.29, 1.82) is 0 Å². The fourth-order valence-corrected chi connectivity index (χ4v) is 2.45. The maximum atomic E-state index is 11.8. The van der Waals surface area contributed by atoms with E-state index in [4.69, 9.17) is 9.47 Å². The number of esters is 1. The summed E-state index contributed by atoms with van der Waals surface area (Å²) in [5, 5.41) is 5.14. The summed E-state index contributed by atoms with van der Waals surface area (Å²) in [6.07, 6.45) is 0.805. The van der Waals surface area contributed by atoms with Crippen LogP contribution in [-0.4, -0.2) is 43.6 Å². The van der Waals surface area contributed by atoms with Crippen LogP contribution in [0.1, 0.15) is 20.3 Å². The molecule has 0 fully saturated rings. The summed E-state index contributed by atoms with van der Waals surface area (Å²) in [5.74, 6) is -0.985. The lowest BCUT2D eigenvalue weighted by molar-refractivity contribution is -0.150. The van der Waals surface area contributed by atoms with E-state index in [1.165, 1.54) is 0 Å². The Bertz CT molecular complexity index is 806. The van der Waals surface area contributed by atoms with E-state index in [0.29, 0.717) is 12.3 Å². The number of hydrogen-bond donors (Lipinski definition) is 2. The summed E-state index contributed by atoms with van der Waals surface area (Å²) in [4.78, 5) is 35.2. The second kappa shape index (κ2) is 11.5. The number of rotatable bonds is 10. The maximum Gasteiger partial charge on any atom is 0.344 e. The van der Waals surface area contributed by atoms with Gasteiger partial charge in [-0.3, -0.25) is 9.59 Å². The van der Waals surface area contributed by atoms with Gasteiger partial charge in [0.05, 0.1) is 0 Å². The van der Waals surface area contributed by atoms with Gasteiger partial charge in [0.2, 0.25) is 5.91 Å². The Morgan fingerprint density at radius 3 is 2.24 bits per heavy atom. The first-order valence-corrected chi connectivity index (χ1v) is 9.50. The van der Waals surface area contributed by atoms with Crippen molar-refractivity contribution < 1.29 is 23.9 Å². The molecule has 0 saturated heterocycles. The topological polar surface area (TPSA) is 93.7 Å². The van der Waals surface area contributed by atoms with Crippen molar-refractivity contribution in [2.75, 3.05) is 19.8 Å². The minimum Gasteiger partial charge on any atom is -0.482 e. The molecule has 7 heteroatoms. The molecular formula is C22H26N2O5. The molecule has 29 heavy (non-hydrogen) atoms. The third-order valence-corrected chi connectivity index (χ3v) is 4.00. The van der Waals surface area contributed by atoms with E-state index in [0.717, 1.165) is 17.5 Å².